The number of allylic oxidation sites excluding steroid dienone is 5. The third kappa shape index (κ3) is 3.16. The lowest BCUT2D eigenvalue weighted by Gasteiger charge is -2.27. The Hall–Kier alpha value is -3.46. The predicted molar refractivity (Wildman–Crippen MR) is 114 cm³/mol. The molecule has 0 radical (unpaired) electrons. The molecule has 1 heterocycles. The zero-order valence-corrected chi connectivity index (χ0v) is 15.5. The Kier molecular flexibility index (Phi) is 4.34. The molecule has 28 heavy (non-hydrogen) atoms. The average Bonchev–Trinajstić information content (AvgIpc) is 3.02. The molecule has 0 bridgehead atoms. The van der Waals surface area contributed by atoms with Crippen LogP contribution in [0.15, 0.2) is 96.9 Å². The van der Waals surface area contributed by atoms with Crippen LogP contribution in [0.25, 0.3) is 11.3 Å². The summed E-state index contributed by atoms with van der Waals surface area (Å²) in [5.74, 6) is 0.994. The number of hydrogen-bond donors (Lipinski definition) is 1. The minimum Gasteiger partial charge on any atom is -0.328 e. The monoisotopic (exact) mass is 363 g/mol. The van der Waals surface area contributed by atoms with Crippen LogP contribution < -0.4 is 5.32 Å². The van der Waals surface area contributed by atoms with Gasteiger partial charge in [0.2, 0.25) is 5.95 Å². The van der Waals surface area contributed by atoms with Crippen LogP contribution in [0.5, 0.6) is 0 Å². The van der Waals surface area contributed by atoms with Crippen molar-refractivity contribution >= 4 is 5.95 Å². The molecule has 1 aromatic heterocycles. The SMILES string of the molecule is C1=CC=C(Nc2ncc3c(n2)-c2ccccc2C(c2ccccc2)C3)CC=C1. The van der Waals surface area contributed by atoms with Crippen molar-refractivity contribution in [3.05, 3.63) is 114 Å². The van der Waals surface area contributed by atoms with E-state index in [1.807, 2.05) is 18.3 Å². The summed E-state index contributed by atoms with van der Waals surface area (Å²) in [6.07, 6.45) is 14.1. The summed E-state index contributed by atoms with van der Waals surface area (Å²) in [6, 6.07) is 19.3. The number of fused-ring (bicyclic) bond motifs is 3. The van der Waals surface area contributed by atoms with Gasteiger partial charge in [0, 0.05) is 29.8 Å². The Morgan fingerprint density at radius 2 is 1.75 bits per heavy atom. The van der Waals surface area contributed by atoms with E-state index in [-0.39, 0.29) is 0 Å². The second kappa shape index (κ2) is 7.28. The number of nitrogens with zero attached hydrogens (tertiary/aromatic N) is 2. The Bertz CT molecular complexity index is 1090. The van der Waals surface area contributed by atoms with Crippen LogP contribution in [0.1, 0.15) is 29.0 Å². The summed E-state index contributed by atoms with van der Waals surface area (Å²) in [4.78, 5) is 9.50. The van der Waals surface area contributed by atoms with Gasteiger partial charge in [-0.3, -0.25) is 0 Å². The molecule has 3 heteroatoms. The van der Waals surface area contributed by atoms with E-state index < -0.39 is 0 Å². The number of hydrogen-bond acceptors (Lipinski definition) is 3. The van der Waals surface area contributed by atoms with Crippen molar-refractivity contribution in [1.82, 2.24) is 9.97 Å². The minimum absolute atomic E-state index is 0.340. The first-order valence-corrected chi connectivity index (χ1v) is 9.68. The number of nitrogens with one attached hydrogen (secondary N) is 1. The van der Waals surface area contributed by atoms with E-state index in [1.54, 1.807) is 0 Å². The van der Waals surface area contributed by atoms with Crippen LogP contribution in [0.4, 0.5) is 5.95 Å². The summed E-state index contributed by atoms with van der Waals surface area (Å²) in [5, 5.41) is 3.38. The van der Waals surface area contributed by atoms with Gasteiger partial charge in [-0.05, 0) is 29.2 Å². The summed E-state index contributed by atoms with van der Waals surface area (Å²) in [6.45, 7) is 0. The molecule has 2 aromatic carbocycles. The first-order chi connectivity index (χ1) is 13.9. The molecular formula is C25H21N3. The standard InChI is InChI=1S/C25H21N3/c1-2-7-13-20(12-6-1)27-25-26-17-19-16-23(18-10-4-3-5-11-18)21-14-8-9-15-22(21)24(19)28-25/h1-12,14-15,17,23H,13,16H2,(H,26,27,28). The van der Waals surface area contributed by atoms with Crippen LogP contribution in [-0.4, -0.2) is 9.97 Å². The summed E-state index contributed by atoms with van der Waals surface area (Å²) in [5.41, 5.74) is 7.22. The van der Waals surface area contributed by atoms with Gasteiger partial charge in [0.05, 0.1) is 5.69 Å². The maximum Gasteiger partial charge on any atom is 0.227 e. The Balaban J connectivity index is 1.53. The smallest absolute Gasteiger partial charge is 0.227 e. The van der Waals surface area contributed by atoms with Crippen LogP contribution >= 0.6 is 0 Å². The van der Waals surface area contributed by atoms with E-state index in [4.69, 9.17) is 4.98 Å². The van der Waals surface area contributed by atoms with Crippen LogP contribution in [-0.2, 0) is 6.42 Å². The van der Waals surface area contributed by atoms with Gasteiger partial charge in [0.15, 0.2) is 0 Å². The van der Waals surface area contributed by atoms with Gasteiger partial charge in [-0.1, -0.05) is 78.9 Å². The summed E-state index contributed by atoms with van der Waals surface area (Å²) < 4.78 is 0. The van der Waals surface area contributed by atoms with Crippen molar-refractivity contribution in [2.45, 2.75) is 18.8 Å². The molecule has 0 saturated heterocycles. The fourth-order valence-corrected chi connectivity index (χ4v) is 3.99. The zero-order chi connectivity index (χ0) is 18.8. The topological polar surface area (TPSA) is 37.8 Å². The fraction of sp³-hybridized carbons (Fsp3) is 0.120. The van der Waals surface area contributed by atoms with Gasteiger partial charge < -0.3 is 5.32 Å². The first-order valence-electron chi connectivity index (χ1n) is 9.68. The van der Waals surface area contributed by atoms with Crippen LogP contribution in [0.3, 0.4) is 0 Å². The highest BCUT2D eigenvalue weighted by molar-refractivity contribution is 5.72. The summed E-state index contributed by atoms with van der Waals surface area (Å²) >= 11 is 0. The molecule has 2 aliphatic rings. The molecule has 136 valence electrons. The van der Waals surface area contributed by atoms with Crippen molar-refractivity contribution < 1.29 is 0 Å². The van der Waals surface area contributed by atoms with E-state index in [2.05, 4.69) is 83.1 Å². The highest BCUT2D eigenvalue weighted by atomic mass is 15.1. The molecule has 1 atom stereocenters. The highest BCUT2D eigenvalue weighted by Gasteiger charge is 2.27. The first kappa shape index (κ1) is 16.7. The highest BCUT2D eigenvalue weighted by Crippen LogP contribution is 2.41. The molecule has 0 amide bonds. The van der Waals surface area contributed by atoms with Crippen molar-refractivity contribution in [3.8, 4) is 11.3 Å². The molecule has 0 aliphatic heterocycles. The number of rotatable bonds is 3. The van der Waals surface area contributed by atoms with Gasteiger partial charge in [0.1, 0.15) is 0 Å². The Morgan fingerprint density at radius 3 is 2.68 bits per heavy atom. The van der Waals surface area contributed by atoms with Gasteiger partial charge >= 0.3 is 0 Å². The van der Waals surface area contributed by atoms with E-state index in [0.29, 0.717) is 11.9 Å². The normalized spacial score (nSPS) is 17.3. The molecule has 5 rings (SSSR count). The fourth-order valence-electron chi connectivity index (χ4n) is 3.99. The zero-order valence-electron chi connectivity index (χ0n) is 15.5. The van der Waals surface area contributed by atoms with Crippen molar-refractivity contribution in [3.63, 3.8) is 0 Å². The van der Waals surface area contributed by atoms with E-state index in [0.717, 1.165) is 24.2 Å². The molecule has 1 unspecified atom stereocenters. The lowest BCUT2D eigenvalue weighted by molar-refractivity contribution is 0.782. The quantitative estimate of drug-likeness (QED) is 0.654. The Morgan fingerprint density at radius 1 is 0.893 bits per heavy atom. The van der Waals surface area contributed by atoms with Crippen molar-refractivity contribution in [1.29, 1.82) is 0 Å². The Labute approximate surface area is 165 Å². The molecule has 2 aliphatic carbocycles. The van der Waals surface area contributed by atoms with Crippen molar-refractivity contribution in [2.24, 2.45) is 0 Å². The van der Waals surface area contributed by atoms with E-state index >= 15 is 0 Å². The number of benzene rings is 2. The molecule has 3 nitrogen and oxygen atoms in total. The molecule has 3 aromatic rings. The third-order valence-corrected chi connectivity index (χ3v) is 5.35. The van der Waals surface area contributed by atoms with Crippen LogP contribution in [0, 0.1) is 0 Å². The van der Waals surface area contributed by atoms with Gasteiger partial charge in [0.25, 0.3) is 0 Å². The average molecular weight is 363 g/mol. The predicted octanol–water partition coefficient (Wildman–Crippen LogP) is 5.64. The molecule has 0 spiro atoms. The molecule has 0 saturated carbocycles. The van der Waals surface area contributed by atoms with E-state index in [1.165, 1.54) is 22.3 Å². The molecule has 0 fully saturated rings. The summed E-state index contributed by atoms with van der Waals surface area (Å²) in [7, 11) is 0. The van der Waals surface area contributed by atoms with Gasteiger partial charge in [-0.15, -0.1) is 0 Å². The van der Waals surface area contributed by atoms with E-state index in [9.17, 15) is 0 Å². The number of anilines is 1. The maximum absolute atomic E-state index is 4.90. The maximum atomic E-state index is 4.90. The largest absolute Gasteiger partial charge is 0.328 e. The molecule has 1 N–H and O–H groups in total. The second-order valence-corrected chi connectivity index (χ2v) is 7.16. The van der Waals surface area contributed by atoms with Crippen molar-refractivity contribution in [2.75, 3.05) is 5.32 Å². The lowest BCUT2D eigenvalue weighted by Crippen LogP contribution is -2.15. The molecular weight excluding hydrogens is 342 g/mol. The second-order valence-electron chi connectivity index (χ2n) is 7.16. The third-order valence-electron chi connectivity index (χ3n) is 5.35. The number of aromatic nitrogens is 2. The van der Waals surface area contributed by atoms with Gasteiger partial charge in [-0.2, -0.15) is 0 Å². The van der Waals surface area contributed by atoms with Gasteiger partial charge in [-0.25, -0.2) is 9.97 Å². The van der Waals surface area contributed by atoms with Crippen LogP contribution in [0.2, 0.25) is 0 Å². The lowest BCUT2D eigenvalue weighted by atomic mass is 9.78. The minimum atomic E-state index is 0.340.